The number of aromatic hydroxyl groups is 1. The molecule has 2 aromatic heterocycles. The average molecular weight is 1140 g/mol. The van der Waals surface area contributed by atoms with Crippen molar-refractivity contribution in [1.82, 2.24) is 40.3 Å². The number of benzene rings is 4. The van der Waals surface area contributed by atoms with Crippen LogP contribution in [0.15, 0.2) is 84.9 Å². The van der Waals surface area contributed by atoms with Crippen LogP contribution in [0.3, 0.4) is 0 Å². The van der Waals surface area contributed by atoms with Gasteiger partial charge in [0.2, 0.25) is 23.6 Å². The molecule has 3 saturated heterocycles. The zero-order valence-electron chi connectivity index (χ0n) is 46.2. The molecule has 5 heterocycles. The summed E-state index contributed by atoms with van der Waals surface area (Å²) in [7, 11) is 0. The molecule has 3 aliphatic heterocycles. The highest BCUT2D eigenvalue weighted by Gasteiger charge is 2.45. The number of nitriles is 1. The Bertz CT molecular complexity index is 3360. The minimum absolute atomic E-state index is 0.0436. The fourth-order valence-electron chi connectivity index (χ4n) is 11.1. The highest BCUT2D eigenvalue weighted by molar-refractivity contribution is 7.13. The first kappa shape index (κ1) is 58.4. The number of aliphatic hydroxyl groups excluding tert-OH is 1. The number of nitrogens with one attached hydrogen (secondary N) is 2. The number of hydrogen-bond acceptors (Lipinski definition) is 15. The molecule has 9 rings (SSSR count). The van der Waals surface area contributed by atoms with Crippen LogP contribution in [0.25, 0.3) is 43.2 Å². The number of piperidine rings is 1. The van der Waals surface area contributed by atoms with E-state index in [0.29, 0.717) is 60.3 Å². The molecular formula is C60H68ClFN10O8S. The first-order valence-corrected chi connectivity index (χ1v) is 28.6. The predicted octanol–water partition coefficient (Wildman–Crippen LogP) is 7.97. The van der Waals surface area contributed by atoms with Crippen molar-refractivity contribution in [3.05, 3.63) is 107 Å². The summed E-state index contributed by atoms with van der Waals surface area (Å²) >= 11 is 8.51. The Hall–Kier alpha value is -7.28. The highest BCUT2D eigenvalue weighted by Crippen LogP contribution is 2.43. The number of fused-ring (bicyclic) bond motifs is 2. The molecule has 4 N–H and O–H groups in total. The van der Waals surface area contributed by atoms with Gasteiger partial charge >= 0.3 is 6.01 Å². The number of hydrogen-bond donors (Lipinski definition) is 4. The highest BCUT2D eigenvalue weighted by atomic mass is 35.5. The number of ether oxygens (including phenoxy) is 2. The van der Waals surface area contributed by atoms with Crippen molar-refractivity contribution in [3.8, 4) is 39.4 Å². The molecule has 3 fully saturated rings. The number of phenolic OH excluding ortho intramolecular Hbond substituents is 1. The van der Waals surface area contributed by atoms with Crippen LogP contribution in [-0.4, -0.2) is 153 Å². The van der Waals surface area contributed by atoms with Gasteiger partial charge in [0.25, 0.3) is 0 Å². The number of aromatic nitrogens is 3. The number of halogens is 2. The summed E-state index contributed by atoms with van der Waals surface area (Å²) in [6, 6.07) is 19.1. The number of β-amino-alcohol motifs (C(OH)–C–C–N with tert-alkyl or cyclic N) is 1. The van der Waals surface area contributed by atoms with Crippen LogP contribution < -0.4 is 20.3 Å². The molecule has 18 nitrogen and oxygen atoms in total. The Morgan fingerprint density at radius 2 is 1.75 bits per heavy atom. The van der Waals surface area contributed by atoms with Crippen LogP contribution in [0.4, 0.5) is 10.2 Å². The lowest BCUT2D eigenvalue weighted by molar-refractivity contribution is -0.144. The normalized spacial score (nSPS) is 18.9. The van der Waals surface area contributed by atoms with E-state index in [9.17, 15) is 34.7 Å². The van der Waals surface area contributed by atoms with Gasteiger partial charge in [-0.1, -0.05) is 87.5 Å². The van der Waals surface area contributed by atoms with Gasteiger partial charge in [-0.3, -0.25) is 24.1 Å². The molecule has 0 spiro atoms. The molecule has 5 atom stereocenters. The third-order valence-electron chi connectivity index (χ3n) is 15.5. The van der Waals surface area contributed by atoms with Crippen LogP contribution in [0.2, 0.25) is 5.02 Å². The Kier molecular flexibility index (Phi) is 18.2. The third kappa shape index (κ3) is 13.2. The molecule has 426 valence electrons. The molecule has 0 unspecified atom stereocenters. The molecule has 81 heavy (non-hydrogen) atoms. The van der Waals surface area contributed by atoms with Crippen LogP contribution in [-0.2, 0) is 23.9 Å². The van der Waals surface area contributed by atoms with E-state index < -0.39 is 47.3 Å². The maximum Gasteiger partial charge on any atom is 0.319 e. The van der Waals surface area contributed by atoms with Gasteiger partial charge in [0.15, 0.2) is 5.82 Å². The molecule has 6 aromatic rings. The second kappa shape index (κ2) is 25.2. The van der Waals surface area contributed by atoms with Gasteiger partial charge in [-0.15, -0.1) is 11.3 Å². The van der Waals surface area contributed by atoms with E-state index in [-0.39, 0.29) is 97.3 Å². The molecule has 0 radical (unpaired) electrons. The van der Waals surface area contributed by atoms with E-state index in [4.69, 9.17) is 26.1 Å². The Morgan fingerprint density at radius 1 is 1.00 bits per heavy atom. The van der Waals surface area contributed by atoms with Gasteiger partial charge in [0, 0.05) is 50.1 Å². The van der Waals surface area contributed by atoms with E-state index >= 15 is 4.39 Å². The SMILES string of the molecule is C=CC(=O)N1CCN(c2nc(OCCN3CCC(COCC(=O)N[C@H](C(=O)N4C[C@H](O)C[C@H]4C(=O)N[C@@H](C)c4ccc(-c5scnc5C)cc4)C(C)(C)C)CC3)nc3c(F)c(-c4cc(O)cc5ccccc45)c(Cl)cc23)C[C@@H]1CC#N. The van der Waals surface area contributed by atoms with Gasteiger partial charge in [0.1, 0.15) is 42.4 Å². The summed E-state index contributed by atoms with van der Waals surface area (Å²) in [4.78, 5) is 76.2. The van der Waals surface area contributed by atoms with E-state index in [1.165, 1.54) is 17.0 Å². The molecule has 21 heteroatoms. The topological polar surface area (TPSA) is 227 Å². The Morgan fingerprint density at radius 3 is 2.46 bits per heavy atom. The summed E-state index contributed by atoms with van der Waals surface area (Å²) in [6.45, 7) is 15.9. The van der Waals surface area contributed by atoms with Crippen molar-refractivity contribution in [2.24, 2.45) is 11.3 Å². The molecule has 0 saturated carbocycles. The average Bonchev–Trinajstić information content (AvgIpc) is 3.96. The lowest BCUT2D eigenvalue weighted by Crippen LogP contribution is -2.58. The first-order valence-electron chi connectivity index (χ1n) is 27.3. The smallest absolute Gasteiger partial charge is 0.319 e. The second-order valence-electron chi connectivity index (χ2n) is 22.2. The van der Waals surface area contributed by atoms with Crippen molar-refractivity contribution in [2.75, 3.05) is 70.5 Å². The van der Waals surface area contributed by atoms with Crippen molar-refractivity contribution >= 4 is 74.1 Å². The molecular weight excluding hydrogens is 1080 g/mol. The van der Waals surface area contributed by atoms with Gasteiger partial charge in [-0.05, 0) is 103 Å². The molecule has 4 amide bonds. The number of carbonyl (C=O) groups is 4. The van der Waals surface area contributed by atoms with E-state index in [2.05, 4.69) is 38.1 Å². The van der Waals surface area contributed by atoms with Gasteiger partial charge in [-0.25, -0.2) is 9.37 Å². The summed E-state index contributed by atoms with van der Waals surface area (Å²) < 4.78 is 29.4. The summed E-state index contributed by atoms with van der Waals surface area (Å²) in [5.41, 5.74) is 4.32. The number of carbonyl (C=O) groups excluding carboxylic acids is 4. The number of piperazine rings is 1. The van der Waals surface area contributed by atoms with E-state index in [0.717, 1.165) is 34.5 Å². The number of aliphatic hydroxyl groups is 1. The maximum absolute atomic E-state index is 17.2. The standard InChI is InChI=1S/C60H68ClFN10O8S/c1-7-50(76)71-23-22-70(30-41(71)16-19-63)56-46-29-47(61)51(45-27-42(73)26-40-10-8-9-11-44(40)45)52(62)53(46)67-59(68-56)80-25-24-69-20-17-37(18-21-69)32-79-33-49(75)66-55(60(4,5)6)58(78)72-31-43(74)28-48(72)57(77)65-35(2)38-12-14-39(15-13-38)54-36(3)64-34-81-54/h7-15,26-27,29,34-35,37,41,43,48,55,73-74H,1,16-18,20-25,28,30-33H2,2-6H3,(H,65,77)(H,66,75)/t35-,41-,43+,48-,55+/m0/s1. The number of thiazole rings is 1. The predicted molar refractivity (Wildman–Crippen MR) is 309 cm³/mol. The quantitative estimate of drug-likeness (QED) is 0.0599. The largest absolute Gasteiger partial charge is 0.508 e. The number of aryl methyl sites for hydroxylation is 1. The van der Waals surface area contributed by atoms with Crippen LogP contribution in [0.5, 0.6) is 11.8 Å². The third-order valence-corrected chi connectivity index (χ3v) is 16.8. The zero-order chi connectivity index (χ0) is 57.7. The molecule has 3 aliphatic rings. The summed E-state index contributed by atoms with van der Waals surface area (Å²) in [6.07, 6.45) is 1.99. The van der Waals surface area contributed by atoms with Crippen molar-refractivity contribution in [1.29, 1.82) is 5.26 Å². The minimum Gasteiger partial charge on any atom is -0.508 e. The maximum atomic E-state index is 17.2. The van der Waals surface area contributed by atoms with Crippen molar-refractivity contribution in [2.45, 2.75) is 90.6 Å². The zero-order valence-corrected chi connectivity index (χ0v) is 47.7. The van der Waals surface area contributed by atoms with Crippen molar-refractivity contribution in [3.63, 3.8) is 0 Å². The van der Waals surface area contributed by atoms with Crippen LogP contribution >= 0.6 is 22.9 Å². The fourth-order valence-corrected chi connectivity index (χ4v) is 12.2. The number of likely N-dealkylation sites (tertiary alicyclic amines) is 2. The number of phenols is 1. The Balaban J connectivity index is 0.795. The first-order chi connectivity index (χ1) is 38.8. The second-order valence-corrected chi connectivity index (χ2v) is 23.5. The van der Waals surface area contributed by atoms with Gasteiger partial charge < -0.3 is 45.0 Å². The lowest BCUT2D eigenvalue weighted by Gasteiger charge is -2.41. The van der Waals surface area contributed by atoms with Gasteiger partial charge in [-0.2, -0.15) is 15.2 Å². The fraction of sp³-hybridized carbons (Fsp3) is 0.433. The molecule has 0 bridgehead atoms. The van der Waals surface area contributed by atoms with Crippen molar-refractivity contribution < 1.29 is 43.3 Å². The number of rotatable bonds is 18. The monoisotopic (exact) mass is 1140 g/mol. The lowest BCUT2D eigenvalue weighted by atomic mass is 9.85. The summed E-state index contributed by atoms with van der Waals surface area (Å²) in [5.74, 6) is -1.91. The van der Waals surface area contributed by atoms with Gasteiger partial charge in [0.05, 0.1) is 58.4 Å². The van der Waals surface area contributed by atoms with E-state index in [1.807, 2.05) is 93.6 Å². The van der Waals surface area contributed by atoms with Crippen LogP contribution in [0.1, 0.15) is 70.7 Å². The number of anilines is 1. The minimum atomic E-state index is -1.00. The number of amides is 4. The number of nitrogens with zero attached hydrogens (tertiary/aromatic N) is 8. The van der Waals surface area contributed by atoms with Crippen LogP contribution in [0, 0.1) is 35.4 Å². The molecule has 4 aromatic carbocycles. The summed E-state index contributed by atoms with van der Waals surface area (Å²) in [5, 5.41) is 38.8. The van der Waals surface area contributed by atoms with E-state index in [1.54, 1.807) is 28.4 Å². The Labute approximate surface area is 479 Å². The molecule has 0 aliphatic carbocycles.